The van der Waals surface area contributed by atoms with Gasteiger partial charge in [-0.05, 0) is 32.4 Å². The Balaban J connectivity index is 1.79. The number of para-hydroxylation sites is 1. The van der Waals surface area contributed by atoms with Crippen molar-refractivity contribution < 1.29 is 22.4 Å². The number of amides is 1. The van der Waals surface area contributed by atoms with Crippen molar-refractivity contribution in [3.63, 3.8) is 0 Å². The lowest BCUT2D eigenvalue weighted by molar-refractivity contribution is -0.132. The van der Waals surface area contributed by atoms with Gasteiger partial charge in [0.2, 0.25) is 11.8 Å². The Morgan fingerprint density at radius 2 is 2.11 bits per heavy atom. The largest absolute Gasteiger partial charge is 0.496 e. The van der Waals surface area contributed by atoms with E-state index in [1.165, 1.54) is 0 Å². The number of carbonyl (C=O) groups excluding carboxylic acids is 1. The highest BCUT2D eigenvalue weighted by Gasteiger charge is 2.34. The summed E-state index contributed by atoms with van der Waals surface area (Å²) >= 11 is 0. The van der Waals surface area contributed by atoms with Crippen LogP contribution in [0.5, 0.6) is 5.75 Å². The van der Waals surface area contributed by atoms with Gasteiger partial charge in [-0.1, -0.05) is 12.1 Å². The van der Waals surface area contributed by atoms with Gasteiger partial charge in [0.1, 0.15) is 11.5 Å². The number of rotatable bonds is 6. The molecule has 0 N–H and O–H groups in total. The van der Waals surface area contributed by atoms with Crippen LogP contribution < -0.4 is 4.74 Å². The van der Waals surface area contributed by atoms with E-state index in [1.807, 2.05) is 31.2 Å². The molecule has 1 aliphatic heterocycles. The van der Waals surface area contributed by atoms with E-state index in [0.717, 1.165) is 5.56 Å². The molecule has 0 aliphatic carbocycles. The van der Waals surface area contributed by atoms with Crippen molar-refractivity contribution in [2.24, 2.45) is 0 Å². The molecule has 8 heteroatoms. The number of oxazole rings is 1. The molecule has 146 valence electrons. The summed E-state index contributed by atoms with van der Waals surface area (Å²) in [6.45, 7) is 4.10. The van der Waals surface area contributed by atoms with Crippen LogP contribution in [0.2, 0.25) is 0 Å². The molecule has 1 unspecified atom stereocenters. The molecular weight excluding hydrogens is 368 g/mol. The molecule has 1 atom stereocenters. The molecule has 0 radical (unpaired) electrons. The van der Waals surface area contributed by atoms with E-state index >= 15 is 0 Å². The maximum Gasteiger partial charge on any atom is 0.230 e. The summed E-state index contributed by atoms with van der Waals surface area (Å²) in [5.74, 6) is 1.66. The van der Waals surface area contributed by atoms with E-state index in [0.29, 0.717) is 36.1 Å². The Morgan fingerprint density at radius 1 is 1.37 bits per heavy atom. The summed E-state index contributed by atoms with van der Waals surface area (Å²) in [6.07, 6.45) is 0.570. The Bertz CT molecular complexity index is 935. The van der Waals surface area contributed by atoms with E-state index < -0.39 is 9.84 Å². The molecule has 1 aromatic heterocycles. The lowest BCUT2D eigenvalue weighted by Crippen LogP contribution is -2.41. The SMILES string of the molecule is CCN(C(=O)Cc1nc(-c2ccccc2OC)oc1C)C1CCS(=O)(=O)C1. The molecule has 1 amide bonds. The first-order valence-electron chi connectivity index (χ1n) is 8.94. The Kier molecular flexibility index (Phi) is 5.55. The number of aryl methyl sites for hydroxylation is 1. The molecular formula is C19H24N2O5S. The zero-order chi connectivity index (χ0) is 19.6. The molecule has 0 saturated carbocycles. The highest BCUT2D eigenvalue weighted by Crippen LogP contribution is 2.30. The standard InChI is InChI=1S/C19H24N2O5S/c1-4-21(14-9-10-27(23,24)12-14)18(22)11-16-13(2)26-19(20-16)15-7-5-6-8-17(15)25-3/h5-8,14H,4,9-12H2,1-3H3. The number of ether oxygens (including phenoxy) is 1. The monoisotopic (exact) mass is 392 g/mol. The molecule has 7 nitrogen and oxygen atoms in total. The number of carbonyl (C=O) groups is 1. The third kappa shape index (κ3) is 4.16. The van der Waals surface area contributed by atoms with Gasteiger partial charge in [-0.25, -0.2) is 13.4 Å². The summed E-state index contributed by atoms with van der Waals surface area (Å²) in [4.78, 5) is 18.9. The van der Waals surface area contributed by atoms with Crippen molar-refractivity contribution in [1.82, 2.24) is 9.88 Å². The number of nitrogens with zero attached hydrogens (tertiary/aromatic N) is 2. The van der Waals surface area contributed by atoms with Gasteiger partial charge < -0.3 is 14.1 Å². The zero-order valence-corrected chi connectivity index (χ0v) is 16.6. The summed E-state index contributed by atoms with van der Waals surface area (Å²) in [6, 6.07) is 7.13. The maximum absolute atomic E-state index is 12.8. The number of aromatic nitrogens is 1. The number of hydrogen-bond donors (Lipinski definition) is 0. The van der Waals surface area contributed by atoms with E-state index in [9.17, 15) is 13.2 Å². The zero-order valence-electron chi connectivity index (χ0n) is 15.8. The molecule has 0 bridgehead atoms. The van der Waals surface area contributed by atoms with Gasteiger partial charge in [-0.3, -0.25) is 4.79 Å². The highest BCUT2D eigenvalue weighted by molar-refractivity contribution is 7.91. The van der Waals surface area contributed by atoms with E-state index in [4.69, 9.17) is 9.15 Å². The van der Waals surface area contributed by atoms with E-state index in [1.54, 1.807) is 18.9 Å². The van der Waals surface area contributed by atoms with Crippen LogP contribution in [0.1, 0.15) is 24.8 Å². The summed E-state index contributed by atoms with van der Waals surface area (Å²) < 4.78 is 34.6. The third-order valence-electron chi connectivity index (χ3n) is 4.86. The van der Waals surface area contributed by atoms with Crippen LogP contribution in [0.25, 0.3) is 11.5 Å². The molecule has 1 fully saturated rings. The molecule has 2 aromatic rings. The van der Waals surface area contributed by atoms with Crippen molar-refractivity contribution in [3.8, 4) is 17.2 Å². The van der Waals surface area contributed by atoms with Gasteiger partial charge in [0.15, 0.2) is 9.84 Å². The molecule has 1 saturated heterocycles. The van der Waals surface area contributed by atoms with Gasteiger partial charge in [0.05, 0.1) is 36.3 Å². The summed E-state index contributed by atoms with van der Waals surface area (Å²) in [5.41, 5.74) is 1.27. The van der Waals surface area contributed by atoms with Crippen molar-refractivity contribution in [3.05, 3.63) is 35.7 Å². The van der Waals surface area contributed by atoms with E-state index in [-0.39, 0.29) is 29.9 Å². The van der Waals surface area contributed by atoms with Crippen LogP contribution in [0.4, 0.5) is 0 Å². The second kappa shape index (κ2) is 7.72. The first kappa shape index (κ1) is 19.4. The van der Waals surface area contributed by atoms with Crippen LogP contribution >= 0.6 is 0 Å². The van der Waals surface area contributed by atoms with Gasteiger partial charge in [-0.15, -0.1) is 0 Å². The predicted octanol–water partition coefficient (Wildman–Crippen LogP) is 2.24. The highest BCUT2D eigenvalue weighted by atomic mass is 32.2. The fourth-order valence-corrected chi connectivity index (χ4v) is 5.16. The van der Waals surface area contributed by atoms with Crippen LogP contribution in [0, 0.1) is 6.92 Å². The van der Waals surface area contributed by atoms with Crippen molar-refractivity contribution >= 4 is 15.7 Å². The molecule has 1 aliphatic rings. The molecule has 27 heavy (non-hydrogen) atoms. The second-order valence-corrected chi connectivity index (χ2v) is 8.86. The molecule has 0 spiro atoms. The quantitative estimate of drug-likeness (QED) is 0.749. The Hall–Kier alpha value is -2.35. The van der Waals surface area contributed by atoms with Crippen LogP contribution in [-0.2, 0) is 21.1 Å². The molecule has 3 rings (SSSR count). The minimum absolute atomic E-state index is 0.0385. The van der Waals surface area contributed by atoms with Gasteiger partial charge in [-0.2, -0.15) is 0 Å². The molecule has 2 heterocycles. The predicted molar refractivity (Wildman–Crippen MR) is 101 cm³/mol. The number of sulfone groups is 1. The minimum Gasteiger partial charge on any atom is -0.496 e. The maximum atomic E-state index is 12.8. The normalized spacial score (nSPS) is 18.4. The topological polar surface area (TPSA) is 89.7 Å². The average Bonchev–Trinajstić information content (AvgIpc) is 3.18. The van der Waals surface area contributed by atoms with Crippen molar-refractivity contribution in [2.75, 3.05) is 25.2 Å². The fraction of sp³-hybridized carbons (Fsp3) is 0.474. The van der Waals surface area contributed by atoms with Crippen LogP contribution in [-0.4, -0.2) is 55.4 Å². The lowest BCUT2D eigenvalue weighted by Gasteiger charge is -2.26. The van der Waals surface area contributed by atoms with Gasteiger partial charge in [0.25, 0.3) is 0 Å². The van der Waals surface area contributed by atoms with Gasteiger partial charge in [0, 0.05) is 12.6 Å². The second-order valence-electron chi connectivity index (χ2n) is 6.64. The number of likely N-dealkylation sites (N-methyl/N-ethyl adjacent to an activating group) is 1. The number of hydrogen-bond acceptors (Lipinski definition) is 6. The smallest absolute Gasteiger partial charge is 0.230 e. The number of methoxy groups -OCH3 is 1. The minimum atomic E-state index is -3.05. The van der Waals surface area contributed by atoms with Crippen molar-refractivity contribution in [1.29, 1.82) is 0 Å². The summed E-state index contributed by atoms with van der Waals surface area (Å²) in [5, 5.41) is 0. The Labute approximate surface area is 159 Å². The lowest BCUT2D eigenvalue weighted by atomic mass is 10.1. The Morgan fingerprint density at radius 3 is 2.74 bits per heavy atom. The molecule has 1 aromatic carbocycles. The fourth-order valence-electron chi connectivity index (χ4n) is 3.43. The van der Waals surface area contributed by atoms with E-state index in [2.05, 4.69) is 4.98 Å². The number of benzene rings is 1. The van der Waals surface area contributed by atoms with Crippen LogP contribution in [0.3, 0.4) is 0 Å². The third-order valence-corrected chi connectivity index (χ3v) is 6.61. The average molecular weight is 392 g/mol. The first-order valence-corrected chi connectivity index (χ1v) is 10.8. The van der Waals surface area contributed by atoms with Gasteiger partial charge >= 0.3 is 0 Å². The van der Waals surface area contributed by atoms with Crippen LogP contribution in [0.15, 0.2) is 28.7 Å². The van der Waals surface area contributed by atoms with Crippen molar-refractivity contribution in [2.45, 2.75) is 32.7 Å². The summed E-state index contributed by atoms with van der Waals surface area (Å²) in [7, 11) is -1.47. The first-order chi connectivity index (χ1) is 12.8.